The standard InChI is InChI=1S/C13H13IN2O/c14-10-5-1-2-7-12(10)17-13(9-15)11-6-3-4-8-16-11/h1-8,13H,9,15H2. The number of aromatic nitrogens is 1. The number of rotatable bonds is 4. The number of nitrogens with two attached hydrogens (primary N) is 1. The Balaban J connectivity index is 2.19. The second kappa shape index (κ2) is 5.97. The van der Waals surface area contributed by atoms with Gasteiger partial charge in [0.15, 0.2) is 6.10 Å². The quantitative estimate of drug-likeness (QED) is 0.871. The Morgan fingerprint density at radius 3 is 2.59 bits per heavy atom. The first-order valence-electron chi connectivity index (χ1n) is 5.33. The largest absolute Gasteiger partial charge is 0.482 e. The molecule has 0 amide bonds. The SMILES string of the molecule is NCC(Oc1ccccc1I)c1ccccn1. The average Bonchev–Trinajstić information content (AvgIpc) is 2.39. The van der Waals surface area contributed by atoms with E-state index in [1.807, 2.05) is 42.5 Å². The van der Waals surface area contributed by atoms with Crippen LogP contribution in [0.2, 0.25) is 0 Å². The molecule has 17 heavy (non-hydrogen) atoms. The fourth-order valence-corrected chi connectivity index (χ4v) is 2.00. The molecule has 0 radical (unpaired) electrons. The molecule has 1 atom stereocenters. The molecule has 0 fully saturated rings. The van der Waals surface area contributed by atoms with E-state index in [9.17, 15) is 0 Å². The van der Waals surface area contributed by atoms with Crippen molar-refractivity contribution < 1.29 is 4.74 Å². The summed E-state index contributed by atoms with van der Waals surface area (Å²) in [6.45, 7) is 0.405. The maximum absolute atomic E-state index is 5.89. The van der Waals surface area contributed by atoms with Gasteiger partial charge in [0.25, 0.3) is 0 Å². The van der Waals surface area contributed by atoms with Crippen LogP contribution in [-0.4, -0.2) is 11.5 Å². The number of hydrogen-bond acceptors (Lipinski definition) is 3. The van der Waals surface area contributed by atoms with E-state index in [0.29, 0.717) is 6.54 Å². The lowest BCUT2D eigenvalue weighted by Gasteiger charge is -2.17. The van der Waals surface area contributed by atoms with Crippen LogP contribution >= 0.6 is 22.6 Å². The second-order valence-electron chi connectivity index (χ2n) is 3.53. The van der Waals surface area contributed by atoms with E-state index >= 15 is 0 Å². The minimum Gasteiger partial charge on any atom is -0.482 e. The molecule has 0 aliphatic rings. The molecule has 2 N–H and O–H groups in total. The summed E-state index contributed by atoms with van der Waals surface area (Å²) in [6.07, 6.45) is 1.55. The Morgan fingerprint density at radius 1 is 1.18 bits per heavy atom. The highest BCUT2D eigenvalue weighted by atomic mass is 127. The van der Waals surface area contributed by atoms with Gasteiger partial charge in [0.2, 0.25) is 0 Å². The number of hydrogen-bond donors (Lipinski definition) is 1. The van der Waals surface area contributed by atoms with Gasteiger partial charge in [-0.15, -0.1) is 0 Å². The summed E-state index contributed by atoms with van der Waals surface area (Å²) in [5, 5.41) is 0. The van der Waals surface area contributed by atoms with Crippen LogP contribution in [0.1, 0.15) is 11.8 Å². The summed E-state index contributed by atoms with van der Waals surface area (Å²) in [5.74, 6) is 0.842. The van der Waals surface area contributed by atoms with E-state index in [1.165, 1.54) is 0 Å². The molecule has 0 aliphatic heterocycles. The highest BCUT2D eigenvalue weighted by Crippen LogP contribution is 2.25. The molecule has 1 unspecified atom stereocenters. The molecule has 2 rings (SSSR count). The van der Waals surface area contributed by atoms with Crippen molar-refractivity contribution in [2.75, 3.05) is 6.54 Å². The fraction of sp³-hybridized carbons (Fsp3) is 0.154. The highest BCUT2D eigenvalue weighted by Gasteiger charge is 2.13. The van der Waals surface area contributed by atoms with Crippen molar-refractivity contribution in [2.24, 2.45) is 5.73 Å². The molecule has 0 saturated carbocycles. The number of ether oxygens (including phenoxy) is 1. The minimum atomic E-state index is -0.202. The monoisotopic (exact) mass is 340 g/mol. The van der Waals surface area contributed by atoms with Gasteiger partial charge < -0.3 is 10.5 Å². The molecular formula is C13H13IN2O. The molecule has 0 spiro atoms. The molecule has 3 nitrogen and oxygen atoms in total. The maximum Gasteiger partial charge on any atom is 0.153 e. The van der Waals surface area contributed by atoms with Gasteiger partial charge in [-0.1, -0.05) is 18.2 Å². The number of pyridine rings is 1. The fourth-order valence-electron chi connectivity index (χ4n) is 1.49. The molecule has 1 aromatic carbocycles. The number of nitrogens with zero attached hydrogens (tertiary/aromatic N) is 1. The van der Waals surface area contributed by atoms with Crippen LogP contribution in [0, 0.1) is 3.57 Å². The predicted molar refractivity (Wildman–Crippen MR) is 75.8 cm³/mol. The summed E-state index contributed by atoms with van der Waals surface area (Å²) < 4.78 is 6.95. The normalized spacial score (nSPS) is 12.1. The van der Waals surface area contributed by atoms with Crippen molar-refractivity contribution >= 4 is 22.6 Å². The Bertz CT molecular complexity index is 476. The third kappa shape index (κ3) is 3.17. The van der Waals surface area contributed by atoms with Gasteiger partial charge in [0.05, 0.1) is 9.26 Å². The Labute approximate surface area is 114 Å². The van der Waals surface area contributed by atoms with E-state index in [-0.39, 0.29) is 6.10 Å². The molecule has 2 aromatic rings. The first-order chi connectivity index (χ1) is 8.31. The minimum absolute atomic E-state index is 0.202. The van der Waals surface area contributed by atoms with Gasteiger partial charge in [0.1, 0.15) is 5.75 Å². The Kier molecular flexibility index (Phi) is 4.33. The van der Waals surface area contributed by atoms with Crippen molar-refractivity contribution in [3.63, 3.8) is 0 Å². The summed E-state index contributed by atoms with van der Waals surface area (Å²) in [4.78, 5) is 4.27. The Hall–Kier alpha value is -1.14. The number of halogens is 1. The molecular weight excluding hydrogens is 327 g/mol. The van der Waals surface area contributed by atoms with Gasteiger partial charge in [-0.2, -0.15) is 0 Å². The molecule has 0 aliphatic carbocycles. The molecule has 88 valence electrons. The van der Waals surface area contributed by atoms with Crippen LogP contribution < -0.4 is 10.5 Å². The van der Waals surface area contributed by atoms with E-state index in [0.717, 1.165) is 15.0 Å². The molecule has 1 aromatic heterocycles. The molecule has 1 heterocycles. The van der Waals surface area contributed by atoms with Gasteiger partial charge in [-0.25, -0.2) is 0 Å². The second-order valence-corrected chi connectivity index (χ2v) is 4.69. The molecule has 0 bridgehead atoms. The topological polar surface area (TPSA) is 48.1 Å². The van der Waals surface area contributed by atoms with E-state index in [4.69, 9.17) is 10.5 Å². The van der Waals surface area contributed by atoms with Crippen molar-refractivity contribution in [1.82, 2.24) is 4.98 Å². The van der Waals surface area contributed by atoms with Crippen LogP contribution in [-0.2, 0) is 0 Å². The van der Waals surface area contributed by atoms with Gasteiger partial charge >= 0.3 is 0 Å². The van der Waals surface area contributed by atoms with Gasteiger partial charge in [-0.05, 0) is 46.9 Å². The van der Waals surface area contributed by atoms with Gasteiger partial charge in [0, 0.05) is 12.7 Å². The smallest absolute Gasteiger partial charge is 0.153 e. The molecule has 0 saturated heterocycles. The van der Waals surface area contributed by atoms with Crippen molar-refractivity contribution in [1.29, 1.82) is 0 Å². The zero-order chi connectivity index (χ0) is 12.1. The first-order valence-corrected chi connectivity index (χ1v) is 6.41. The number of benzene rings is 1. The lowest BCUT2D eigenvalue weighted by atomic mass is 10.2. The van der Waals surface area contributed by atoms with Crippen LogP contribution in [0.15, 0.2) is 48.7 Å². The average molecular weight is 340 g/mol. The van der Waals surface area contributed by atoms with E-state index in [1.54, 1.807) is 6.20 Å². The lowest BCUT2D eigenvalue weighted by Crippen LogP contribution is -2.19. The van der Waals surface area contributed by atoms with E-state index < -0.39 is 0 Å². The third-order valence-electron chi connectivity index (χ3n) is 2.34. The summed E-state index contributed by atoms with van der Waals surface area (Å²) in [5.41, 5.74) is 6.59. The van der Waals surface area contributed by atoms with Gasteiger partial charge in [-0.3, -0.25) is 4.98 Å². The lowest BCUT2D eigenvalue weighted by molar-refractivity contribution is 0.208. The first kappa shape index (κ1) is 12.3. The zero-order valence-electron chi connectivity index (χ0n) is 9.21. The summed E-state index contributed by atoms with van der Waals surface area (Å²) in [6, 6.07) is 13.6. The maximum atomic E-state index is 5.89. The zero-order valence-corrected chi connectivity index (χ0v) is 11.4. The predicted octanol–water partition coefficient (Wildman–Crippen LogP) is 2.77. The van der Waals surface area contributed by atoms with Crippen LogP contribution in [0.4, 0.5) is 0 Å². The summed E-state index contributed by atoms with van der Waals surface area (Å²) in [7, 11) is 0. The van der Waals surface area contributed by atoms with Crippen molar-refractivity contribution in [2.45, 2.75) is 6.10 Å². The van der Waals surface area contributed by atoms with Crippen LogP contribution in [0.25, 0.3) is 0 Å². The molecule has 4 heteroatoms. The Morgan fingerprint density at radius 2 is 1.94 bits per heavy atom. The van der Waals surface area contributed by atoms with Crippen LogP contribution in [0.5, 0.6) is 5.75 Å². The van der Waals surface area contributed by atoms with E-state index in [2.05, 4.69) is 27.6 Å². The van der Waals surface area contributed by atoms with Crippen LogP contribution in [0.3, 0.4) is 0 Å². The highest BCUT2D eigenvalue weighted by molar-refractivity contribution is 14.1. The summed E-state index contributed by atoms with van der Waals surface area (Å²) >= 11 is 2.24. The van der Waals surface area contributed by atoms with Crippen molar-refractivity contribution in [3.8, 4) is 5.75 Å². The van der Waals surface area contributed by atoms with Crippen molar-refractivity contribution in [3.05, 3.63) is 57.9 Å². The third-order valence-corrected chi connectivity index (χ3v) is 3.23. The number of para-hydroxylation sites is 1.